The second-order valence-electron chi connectivity index (χ2n) is 8.43. The molecule has 0 aliphatic carbocycles. The Morgan fingerprint density at radius 1 is 1.15 bits per heavy atom. The number of benzene rings is 1. The highest BCUT2D eigenvalue weighted by Crippen LogP contribution is 2.33. The van der Waals surface area contributed by atoms with E-state index in [1.54, 1.807) is 28.8 Å². The minimum absolute atomic E-state index is 0.0786. The zero-order valence-corrected chi connectivity index (χ0v) is 21.5. The quantitative estimate of drug-likeness (QED) is 0.494. The van der Waals surface area contributed by atoms with Gasteiger partial charge >= 0.3 is 0 Å². The molecular formula is C23H28N4O4S3. The molecule has 0 spiro atoms. The molecule has 2 aliphatic heterocycles. The van der Waals surface area contributed by atoms with E-state index < -0.39 is 16.1 Å². The van der Waals surface area contributed by atoms with Gasteiger partial charge in [0.2, 0.25) is 5.91 Å². The lowest BCUT2D eigenvalue weighted by Gasteiger charge is -2.40. The standard InChI is InChI=1S/C23H28N4O4S3/c1-2-31-17-8-9-18-20(16-17)33-23(24-18)26-13-11-25(12-14-26)22(28)19-6-3-4-10-27(19)34(29,30)21-7-5-15-32-21/h5,7-9,15-16,19H,2-4,6,10-14H2,1H3. The number of rotatable bonds is 6. The summed E-state index contributed by atoms with van der Waals surface area (Å²) in [6, 6.07) is 8.66. The minimum atomic E-state index is -3.65. The van der Waals surface area contributed by atoms with Gasteiger partial charge in [-0.2, -0.15) is 4.31 Å². The number of ether oxygens (including phenoxy) is 1. The third-order valence-electron chi connectivity index (χ3n) is 6.32. The summed E-state index contributed by atoms with van der Waals surface area (Å²) in [6.45, 7) is 5.45. The minimum Gasteiger partial charge on any atom is -0.494 e. The third kappa shape index (κ3) is 4.53. The van der Waals surface area contributed by atoms with Crippen LogP contribution < -0.4 is 9.64 Å². The average molecular weight is 521 g/mol. The average Bonchev–Trinajstić information content (AvgIpc) is 3.54. The molecule has 8 nitrogen and oxygen atoms in total. The van der Waals surface area contributed by atoms with Gasteiger partial charge in [-0.05, 0) is 49.4 Å². The number of nitrogens with zero attached hydrogens (tertiary/aromatic N) is 4. The van der Waals surface area contributed by atoms with E-state index in [0.29, 0.717) is 50.0 Å². The molecule has 1 unspecified atom stereocenters. The van der Waals surface area contributed by atoms with Gasteiger partial charge in [0.15, 0.2) is 5.13 Å². The molecule has 5 rings (SSSR count). The SMILES string of the molecule is CCOc1ccc2nc(N3CCN(C(=O)C4CCCCN4S(=O)(=O)c4cccs4)CC3)sc2c1. The highest BCUT2D eigenvalue weighted by atomic mass is 32.2. The van der Waals surface area contributed by atoms with Crippen molar-refractivity contribution in [3.8, 4) is 5.75 Å². The highest BCUT2D eigenvalue weighted by molar-refractivity contribution is 7.91. The van der Waals surface area contributed by atoms with Crippen molar-refractivity contribution in [1.82, 2.24) is 14.2 Å². The largest absolute Gasteiger partial charge is 0.494 e. The van der Waals surface area contributed by atoms with E-state index in [4.69, 9.17) is 9.72 Å². The van der Waals surface area contributed by atoms with E-state index in [2.05, 4.69) is 4.90 Å². The number of thiophene rings is 1. The Morgan fingerprint density at radius 3 is 2.71 bits per heavy atom. The molecule has 0 bridgehead atoms. The predicted molar refractivity (Wildman–Crippen MR) is 135 cm³/mol. The number of hydrogen-bond acceptors (Lipinski definition) is 8. The second-order valence-corrected chi connectivity index (χ2v) is 12.5. The van der Waals surface area contributed by atoms with Crippen molar-refractivity contribution in [2.45, 2.75) is 36.4 Å². The maximum Gasteiger partial charge on any atom is 0.253 e. The fraction of sp³-hybridized carbons (Fsp3) is 0.478. The van der Waals surface area contributed by atoms with Gasteiger partial charge in [-0.3, -0.25) is 4.79 Å². The Morgan fingerprint density at radius 2 is 1.97 bits per heavy atom. The number of amides is 1. The van der Waals surface area contributed by atoms with Crippen LogP contribution in [0.5, 0.6) is 5.75 Å². The van der Waals surface area contributed by atoms with Crippen LogP contribution in [-0.2, 0) is 14.8 Å². The van der Waals surface area contributed by atoms with E-state index in [1.807, 2.05) is 30.0 Å². The van der Waals surface area contributed by atoms with Crippen molar-refractivity contribution >= 4 is 54.0 Å². The summed E-state index contributed by atoms with van der Waals surface area (Å²) in [5.74, 6) is 0.764. The van der Waals surface area contributed by atoms with Gasteiger partial charge in [-0.15, -0.1) is 11.3 Å². The zero-order chi connectivity index (χ0) is 23.7. The number of carbonyl (C=O) groups excluding carboxylic acids is 1. The smallest absolute Gasteiger partial charge is 0.253 e. The van der Waals surface area contributed by atoms with Gasteiger partial charge in [-0.1, -0.05) is 23.8 Å². The summed E-state index contributed by atoms with van der Waals surface area (Å²) < 4.78 is 34.8. The van der Waals surface area contributed by atoms with Crippen molar-refractivity contribution in [3.05, 3.63) is 35.7 Å². The van der Waals surface area contributed by atoms with E-state index in [0.717, 1.165) is 33.9 Å². The number of sulfonamides is 1. The molecule has 2 aromatic heterocycles. The summed E-state index contributed by atoms with van der Waals surface area (Å²) in [4.78, 5) is 22.2. The van der Waals surface area contributed by atoms with Gasteiger partial charge in [-0.25, -0.2) is 13.4 Å². The van der Waals surface area contributed by atoms with Gasteiger partial charge in [0.25, 0.3) is 10.0 Å². The number of aromatic nitrogens is 1. The maximum atomic E-state index is 13.4. The van der Waals surface area contributed by atoms with Crippen LogP contribution in [-0.4, -0.2) is 73.9 Å². The number of thiazole rings is 1. The first-order valence-corrected chi connectivity index (χ1v) is 14.7. The van der Waals surface area contributed by atoms with Gasteiger partial charge in [0.1, 0.15) is 16.0 Å². The van der Waals surface area contributed by atoms with Crippen molar-refractivity contribution < 1.29 is 17.9 Å². The number of piperazine rings is 1. The van der Waals surface area contributed by atoms with Gasteiger partial charge < -0.3 is 14.5 Å². The molecule has 34 heavy (non-hydrogen) atoms. The fourth-order valence-electron chi connectivity index (χ4n) is 4.58. The maximum absolute atomic E-state index is 13.4. The Balaban J connectivity index is 1.27. The number of carbonyl (C=O) groups is 1. The van der Waals surface area contributed by atoms with Crippen LogP contribution in [0.1, 0.15) is 26.2 Å². The molecule has 1 amide bonds. The zero-order valence-electron chi connectivity index (χ0n) is 19.1. The van der Waals surface area contributed by atoms with E-state index in [9.17, 15) is 13.2 Å². The molecule has 2 aliphatic rings. The lowest BCUT2D eigenvalue weighted by Crippen LogP contribution is -2.57. The lowest BCUT2D eigenvalue weighted by molar-refractivity contribution is -0.136. The number of anilines is 1. The van der Waals surface area contributed by atoms with E-state index in [1.165, 1.54) is 15.6 Å². The molecule has 1 aromatic carbocycles. The molecule has 11 heteroatoms. The predicted octanol–water partition coefficient (Wildman–Crippen LogP) is 3.65. The third-order valence-corrected chi connectivity index (χ3v) is 10.7. The lowest BCUT2D eigenvalue weighted by atomic mass is 10.0. The van der Waals surface area contributed by atoms with Crippen LogP contribution >= 0.6 is 22.7 Å². The molecule has 4 heterocycles. The normalized spacial score (nSPS) is 20.1. The van der Waals surface area contributed by atoms with Crippen molar-refractivity contribution in [2.24, 2.45) is 0 Å². The summed E-state index contributed by atoms with van der Waals surface area (Å²) in [5, 5.41) is 2.70. The van der Waals surface area contributed by atoms with Crippen LogP contribution in [0.3, 0.4) is 0 Å². The van der Waals surface area contributed by atoms with Crippen molar-refractivity contribution in [3.63, 3.8) is 0 Å². The van der Waals surface area contributed by atoms with Crippen LogP contribution in [0, 0.1) is 0 Å². The highest BCUT2D eigenvalue weighted by Gasteiger charge is 2.40. The van der Waals surface area contributed by atoms with E-state index in [-0.39, 0.29) is 5.91 Å². The number of piperidine rings is 1. The first-order valence-electron chi connectivity index (χ1n) is 11.6. The Labute approximate surface area is 207 Å². The molecule has 0 N–H and O–H groups in total. The molecule has 2 fully saturated rings. The fourth-order valence-corrected chi connectivity index (χ4v) is 8.39. The molecule has 0 saturated carbocycles. The summed E-state index contributed by atoms with van der Waals surface area (Å²) in [5.41, 5.74) is 0.943. The molecular weight excluding hydrogens is 492 g/mol. The summed E-state index contributed by atoms with van der Waals surface area (Å²) >= 11 is 2.83. The Bertz CT molecular complexity index is 1250. The van der Waals surface area contributed by atoms with E-state index >= 15 is 0 Å². The van der Waals surface area contributed by atoms with Crippen LogP contribution in [0.25, 0.3) is 10.2 Å². The van der Waals surface area contributed by atoms with Gasteiger partial charge in [0, 0.05) is 32.7 Å². The number of fused-ring (bicyclic) bond motifs is 1. The first kappa shape index (κ1) is 23.5. The van der Waals surface area contributed by atoms with Crippen molar-refractivity contribution in [2.75, 3.05) is 44.2 Å². The van der Waals surface area contributed by atoms with Gasteiger partial charge in [0.05, 0.1) is 16.8 Å². The Kier molecular flexibility index (Phi) is 6.79. The van der Waals surface area contributed by atoms with Crippen molar-refractivity contribution in [1.29, 1.82) is 0 Å². The summed E-state index contributed by atoms with van der Waals surface area (Å²) in [6.07, 6.45) is 2.22. The second kappa shape index (κ2) is 9.80. The first-order chi connectivity index (χ1) is 16.5. The number of hydrogen-bond donors (Lipinski definition) is 0. The molecule has 2 saturated heterocycles. The Hall–Kier alpha value is -2.21. The monoisotopic (exact) mass is 520 g/mol. The topological polar surface area (TPSA) is 83.1 Å². The van der Waals surface area contributed by atoms with Crippen LogP contribution in [0.15, 0.2) is 39.9 Å². The molecule has 1 atom stereocenters. The summed E-state index contributed by atoms with van der Waals surface area (Å²) in [7, 11) is -3.65. The molecule has 0 radical (unpaired) electrons. The molecule has 3 aromatic rings. The van der Waals surface area contributed by atoms with Crippen LogP contribution in [0.2, 0.25) is 0 Å². The van der Waals surface area contributed by atoms with Crippen LogP contribution in [0.4, 0.5) is 5.13 Å². The molecule has 182 valence electrons.